The minimum Gasteiger partial charge on any atom is -0.486 e. The van der Waals surface area contributed by atoms with Crippen LogP contribution in [-0.4, -0.2) is 25.5 Å². The molecule has 1 aromatic carbocycles. The zero-order chi connectivity index (χ0) is 12.3. The SMILES string of the molecule is CSc1cc2c(cc1CNC(C)C)OCCO2. The van der Waals surface area contributed by atoms with E-state index in [4.69, 9.17) is 9.47 Å². The van der Waals surface area contributed by atoms with Gasteiger partial charge in [-0.3, -0.25) is 0 Å². The fourth-order valence-corrected chi connectivity index (χ4v) is 2.37. The molecule has 94 valence electrons. The Bertz CT molecular complexity index is 393. The average molecular weight is 253 g/mol. The van der Waals surface area contributed by atoms with E-state index in [1.54, 1.807) is 11.8 Å². The third kappa shape index (κ3) is 3.07. The summed E-state index contributed by atoms with van der Waals surface area (Å²) in [6.07, 6.45) is 2.09. The van der Waals surface area contributed by atoms with Gasteiger partial charge in [0.05, 0.1) is 0 Å². The summed E-state index contributed by atoms with van der Waals surface area (Å²) in [5.74, 6) is 1.74. The number of hydrogen-bond acceptors (Lipinski definition) is 4. The fourth-order valence-electron chi connectivity index (χ4n) is 1.75. The largest absolute Gasteiger partial charge is 0.486 e. The van der Waals surface area contributed by atoms with Crippen LogP contribution in [0.4, 0.5) is 0 Å². The molecule has 1 heterocycles. The summed E-state index contributed by atoms with van der Waals surface area (Å²) in [5.41, 5.74) is 1.27. The highest BCUT2D eigenvalue weighted by Crippen LogP contribution is 2.36. The lowest BCUT2D eigenvalue weighted by atomic mass is 10.2. The van der Waals surface area contributed by atoms with E-state index in [1.165, 1.54) is 10.5 Å². The Labute approximate surface area is 107 Å². The van der Waals surface area contributed by atoms with Crippen molar-refractivity contribution in [1.82, 2.24) is 5.32 Å². The number of benzene rings is 1. The van der Waals surface area contributed by atoms with Crippen molar-refractivity contribution in [3.63, 3.8) is 0 Å². The van der Waals surface area contributed by atoms with Crippen LogP contribution in [-0.2, 0) is 6.54 Å². The van der Waals surface area contributed by atoms with Gasteiger partial charge in [-0.1, -0.05) is 13.8 Å². The van der Waals surface area contributed by atoms with Crippen LogP contribution in [0.1, 0.15) is 19.4 Å². The molecule has 0 bridgehead atoms. The van der Waals surface area contributed by atoms with Crippen molar-refractivity contribution in [2.75, 3.05) is 19.5 Å². The van der Waals surface area contributed by atoms with E-state index >= 15 is 0 Å². The van der Waals surface area contributed by atoms with Crippen LogP contribution in [0.15, 0.2) is 17.0 Å². The van der Waals surface area contributed by atoms with Gasteiger partial charge < -0.3 is 14.8 Å². The molecule has 2 rings (SSSR count). The summed E-state index contributed by atoms with van der Waals surface area (Å²) >= 11 is 1.74. The molecular weight excluding hydrogens is 234 g/mol. The molecule has 1 N–H and O–H groups in total. The molecule has 0 spiro atoms. The number of hydrogen-bond donors (Lipinski definition) is 1. The summed E-state index contributed by atoms with van der Waals surface area (Å²) in [7, 11) is 0. The summed E-state index contributed by atoms with van der Waals surface area (Å²) < 4.78 is 11.2. The van der Waals surface area contributed by atoms with Gasteiger partial charge in [0, 0.05) is 17.5 Å². The fraction of sp³-hybridized carbons (Fsp3) is 0.538. The summed E-state index contributed by atoms with van der Waals surface area (Å²) in [6.45, 7) is 6.45. The van der Waals surface area contributed by atoms with Gasteiger partial charge in [-0.15, -0.1) is 11.8 Å². The van der Waals surface area contributed by atoms with Gasteiger partial charge in [0.15, 0.2) is 11.5 Å². The molecule has 3 nitrogen and oxygen atoms in total. The van der Waals surface area contributed by atoms with Crippen molar-refractivity contribution in [1.29, 1.82) is 0 Å². The zero-order valence-electron chi connectivity index (χ0n) is 10.6. The molecule has 1 aliphatic heterocycles. The maximum absolute atomic E-state index is 5.61. The number of nitrogens with one attached hydrogen (secondary N) is 1. The first-order valence-corrected chi connectivity index (χ1v) is 7.13. The third-order valence-electron chi connectivity index (χ3n) is 2.65. The molecule has 0 aliphatic carbocycles. The van der Waals surface area contributed by atoms with Crippen LogP contribution >= 0.6 is 11.8 Å². The Kier molecular flexibility index (Phi) is 4.18. The number of ether oxygens (including phenoxy) is 2. The highest BCUT2D eigenvalue weighted by atomic mass is 32.2. The van der Waals surface area contributed by atoms with E-state index in [9.17, 15) is 0 Å². The smallest absolute Gasteiger partial charge is 0.162 e. The molecule has 0 unspecified atom stereocenters. The van der Waals surface area contributed by atoms with E-state index in [0.29, 0.717) is 19.3 Å². The van der Waals surface area contributed by atoms with Gasteiger partial charge in [0.25, 0.3) is 0 Å². The predicted molar refractivity (Wildman–Crippen MR) is 71.2 cm³/mol. The zero-order valence-corrected chi connectivity index (χ0v) is 11.4. The molecule has 0 saturated carbocycles. The van der Waals surface area contributed by atoms with Gasteiger partial charge in [-0.25, -0.2) is 0 Å². The second kappa shape index (κ2) is 5.65. The van der Waals surface area contributed by atoms with E-state index in [2.05, 4.69) is 37.6 Å². The lowest BCUT2D eigenvalue weighted by Crippen LogP contribution is -2.22. The molecular formula is C13H19NO2S. The van der Waals surface area contributed by atoms with Gasteiger partial charge in [0.1, 0.15) is 13.2 Å². The molecule has 0 atom stereocenters. The van der Waals surface area contributed by atoms with E-state index in [1.807, 2.05) is 0 Å². The van der Waals surface area contributed by atoms with Gasteiger partial charge in [-0.2, -0.15) is 0 Å². The molecule has 0 saturated heterocycles. The Hall–Kier alpha value is -0.870. The predicted octanol–water partition coefficient (Wildman–Crippen LogP) is 2.68. The molecule has 0 fully saturated rings. The number of thioether (sulfide) groups is 1. The van der Waals surface area contributed by atoms with Crippen molar-refractivity contribution in [3.8, 4) is 11.5 Å². The topological polar surface area (TPSA) is 30.5 Å². The molecule has 0 radical (unpaired) electrons. The Balaban J connectivity index is 2.23. The monoisotopic (exact) mass is 253 g/mol. The molecule has 1 aliphatic rings. The Morgan fingerprint density at radius 2 is 1.88 bits per heavy atom. The second-order valence-electron chi connectivity index (χ2n) is 4.34. The van der Waals surface area contributed by atoms with Crippen molar-refractivity contribution >= 4 is 11.8 Å². The first kappa shape index (κ1) is 12.6. The van der Waals surface area contributed by atoms with E-state index in [0.717, 1.165) is 18.0 Å². The summed E-state index contributed by atoms with van der Waals surface area (Å²) in [4.78, 5) is 1.25. The first-order chi connectivity index (χ1) is 8.20. The van der Waals surface area contributed by atoms with E-state index in [-0.39, 0.29) is 0 Å². The van der Waals surface area contributed by atoms with Crippen LogP contribution in [0.3, 0.4) is 0 Å². The standard InChI is InChI=1S/C13H19NO2S/c1-9(2)14-8-10-6-11-12(7-13(10)17-3)16-5-4-15-11/h6-7,9,14H,4-5,8H2,1-3H3. The lowest BCUT2D eigenvalue weighted by molar-refractivity contribution is 0.171. The van der Waals surface area contributed by atoms with E-state index < -0.39 is 0 Å². The van der Waals surface area contributed by atoms with Crippen LogP contribution in [0.2, 0.25) is 0 Å². The highest BCUT2D eigenvalue weighted by molar-refractivity contribution is 7.98. The minimum absolute atomic E-state index is 0.484. The van der Waals surface area contributed by atoms with Crippen LogP contribution < -0.4 is 14.8 Å². The van der Waals surface area contributed by atoms with Crippen molar-refractivity contribution in [2.45, 2.75) is 31.3 Å². The van der Waals surface area contributed by atoms with Crippen molar-refractivity contribution in [3.05, 3.63) is 17.7 Å². The maximum Gasteiger partial charge on any atom is 0.162 e. The molecule has 4 heteroatoms. The quantitative estimate of drug-likeness (QED) is 0.836. The van der Waals surface area contributed by atoms with Gasteiger partial charge in [0.2, 0.25) is 0 Å². The minimum atomic E-state index is 0.484. The van der Waals surface area contributed by atoms with Crippen molar-refractivity contribution < 1.29 is 9.47 Å². The molecule has 1 aromatic rings. The Morgan fingerprint density at radius 1 is 1.24 bits per heavy atom. The summed E-state index contributed by atoms with van der Waals surface area (Å²) in [6, 6.07) is 4.66. The normalized spacial score (nSPS) is 14.1. The van der Waals surface area contributed by atoms with Crippen molar-refractivity contribution in [2.24, 2.45) is 0 Å². The first-order valence-electron chi connectivity index (χ1n) is 5.90. The second-order valence-corrected chi connectivity index (χ2v) is 5.19. The average Bonchev–Trinajstić information content (AvgIpc) is 2.35. The van der Waals surface area contributed by atoms with Crippen LogP contribution in [0, 0.1) is 0 Å². The number of fused-ring (bicyclic) bond motifs is 1. The molecule has 0 aromatic heterocycles. The van der Waals surface area contributed by atoms with Gasteiger partial charge in [-0.05, 0) is 24.0 Å². The van der Waals surface area contributed by atoms with Gasteiger partial charge >= 0.3 is 0 Å². The molecule has 17 heavy (non-hydrogen) atoms. The van der Waals surface area contributed by atoms with Crippen LogP contribution in [0.25, 0.3) is 0 Å². The maximum atomic E-state index is 5.61. The number of rotatable bonds is 4. The summed E-state index contributed by atoms with van der Waals surface area (Å²) in [5, 5.41) is 3.43. The third-order valence-corrected chi connectivity index (χ3v) is 3.47. The van der Waals surface area contributed by atoms with Crippen LogP contribution in [0.5, 0.6) is 11.5 Å². The molecule has 0 amide bonds. The Morgan fingerprint density at radius 3 is 2.47 bits per heavy atom. The lowest BCUT2D eigenvalue weighted by Gasteiger charge is -2.21. The highest BCUT2D eigenvalue weighted by Gasteiger charge is 2.15.